The molecular formula is C20H16N4O2. The Balaban J connectivity index is 1.61. The first-order valence-corrected chi connectivity index (χ1v) is 8.53. The molecule has 0 fully saturated rings. The van der Waals surface area contributed by atoms with Crippen molar-refractivity contribution in [1.29, 1.82) is 0 Å². The molecule has 1 amide bonds. The van der Waals surface area contributed by atoms with Crippen LogP contribution in [0.3, 0.4) is 0 Å². The highest BCUT2D eigenvalue weighted by Gasteiger charge is 2.16. The number of carbonyl (C=O) groups is 1. The zero-order chi connectivity index (χ0) is 17.7. The maximum atomic E-state index is 11.5. The van der Waals surface area contributed by atoms with E-state index >= 15 is 0 Å². The number of para-hydroxylation sites is 1. The van der Waals surface area contributed by atoms with Crippen molar-refractivity contribution in [2.24, 2.45) is 0 Å². The monoisotopic (exact) mass is 344 g/mol. The van der Waals surface area contributed by atoms with E-state index in [1.54, 1.807) is 0 Å². The second-order valence-corrected chi connectivity index (χ2v) is 6.46. The maximum absolute atomic E-state index is 11.5. The lowest BCUT2D eigenvalue weighted by atomic mass is 10.0. The summed E-state index contributed by atoms with van der Waals surface area (Å²) in [7, 11) is 0. The third-order valence-electron chi connectivity index (χ3n) is 4.58. The Bertz CT molecular complexity index is 1180. The van der Waals surface area contributed by atoms with Gasteiger partial charge in [-0.1, -0.05) is 12.1 Å². The highest BCUT2D eigenvalue weighted by molar-refractivity contribution is 5.94. The van der Waals surface area contributed by atoms with E-state index in [-0.39, 0.29) is 5.91 Å². The Labute approximate surface area is 149 Å². The minimum Gasteiger partial charge on any atom is -0.438 e. The molecule has 26 heavy (non-hydrogen) atoms. The van der Waals surface area contributed by atoms with Crippen molar-refractivity contribution in [3.8, 4) is 11.6 Å². The Hall–Kier alpha value is -3.41. The fraction of sp³-hybridized carbons (Fsp3) is 0.150. The van der Waals surface area contributed by atoms with Crippen molar-refractivity contribution in [3.63, 3.8) is 0 Å². The number of aromatic nitrogens is 3. The number of hydrogen-bond donors (Lipinski definition) is 1. The number of aryl methyl sites for hydroxylation is 2. The number of benzene rings is 2. The van der Waals surface area contributed by atoms with E-state index < -0.39 is 0 Å². The molecule has 5 rings (SSSR count). The van der Waals surface area contributed by atoms with Crippen molar-refractivity contribution in [1.82, 2.24) is 14.6 Å². The van der Waals surface area contributed by atoms with E-state index in [1.165, 1.54) is 0 Å². The van der Waals surface area contributed by atoms with Crippen LogP contribution < -0.4 is 10.1 Å². The lowest BCUT2D eigenvalue weighted by Crippen LogP contribution is -2.18. The Kier molecular flexibility index (Phi) is 3.18. The molecule has 1 aliphatic heterocycles. The molecule has 3 heterocycles. The Morgan fingerprint density at radius 2 is 2.00 bits per heavy atom. The van der Waals surface area contributed by atoms with E-state index in [4.69, 9.17) is 4.74 Å². The van der Waals surface area contributed by atoms with E-state index in [2.05, 4.69) is 15.4 Å². The standard InChI is InChI=1S/C20H16N4O2/c1-12-10-18-22-20(15-4-2-3-5-17(15)24(18)23-12)26-14-7-8-16-13(11-14)6-9-19(25)21-16/h2-5,7-8,10-11H,6,9H2,1H3,(H,21,25). The zero-order valence-electron chi connectivity index (χ0n) is 14.2. The number of carbonyl (C=O) groups excluding carboxylic acids is 1. The summed E-state index contributed by atoms with van der Waals surface area (Å²) in [5.74, 6) is 1.31. The van der Waals surface area contributed by atoms with Gasteiger partial charge in [0, 0.05) is 18.2 Å². The molecule has 0 saturated heterocycles. The topological polar surface area (TPSA) is 68.5 Å². The fourth-order valence-electron chi connectivity index (χ4n) is 3.36. The van der Waals surface area contributed by atoms with Crippen molar-refractivity contribution in [2.45, 2.75) is 19.8 Å². The summed E-state index contributed by atoms with van der Waals surface area (Å²) in [5, 5.41) is 8.30. The van der Waals surface area contributed by atoms with Crippen molar-refractivity contribution >= 4 is 28.1 Å². The smallest absolute Gasteiger partial charge is 0.230 e. The van der Waals surface area contributed by atoms with Gasteiger partial charge < -0.3 is 10.1 Å². The van der Waals surface area contributed by atoms with Crippen LogP contribution >= 0.6 is 0 Å². The van der Waals surface area contributed by atoms with Gasteiger partial charge >= 0.3 is 0 Å². The summed E-state index contributed by atoms with van der Waals surface area (Å²) in [6.07, 6.45) is 1.21. The van der Waals surface area contributed by atoms with Gasteiger partial charge in [0.05, 0.1) is 16.6 Å². The number of ether oxygens (including phenoxy) is 1. The number of anilines is 1. The van der Waals surface area contributed by atoms with Gasteiger partial charge in [0.15, 0.2) is 5.65 Å². The first kappa shape index (κ1) is 14.9. The van der Waals surface area contributed by atoms with Crippen LogP contribution in [-0.2, 0) is 11.2 Å². The molecule has 128 valence electrons. The van der Waals surface area contributed by atoms with Crippen LogP contribution in [0.5, 0.6) is 11.6 Å². The molecule has 4 aromatic rings. The number of rotatable bonds is 2. The molecule has 0 radical (unpaired) electrons. The molecule has 1 N–H and O–H groups in total. The number of amides is 1. The molecule has 0 aliphatic carbocycles. The molecule has 0 spiro atoms. The van der Waals surface area contributed by atoms with Crippen LogP contribution in [0.15, 0.2) is 48.5 Å². The molecule has 0 unspecified atom stereocenters. The summed E-state index contributed by atoms with van der Waals surface area (Å²) >= 11 is 0. The van der Waals surface area contributed by atoms with E-state index in [0.717, 1.165) is 33.5 Å². The molecule has 6 heteroatoms. The molecule has 6 nitrogen and oxygen atoms in total. The van der Waals surface area contributed by atoms with Crippen molar-refractivity contribution < 1.29 is 9.53 Å². The summed E-state index contributed by atoms with van der Waals surface area (Å²) in [6, 6.07) is 15.6. The van der Waals surface area contributed by atoms with Crippen LogP contribution in [0.25, 0.3) is 16.6 Å². The predicted octanol–water partition coefficient (Wildman–Crippen LogP) is 3.87. The maximum Gasteiger partial charge on any atom is 0.230 e. The lowest BCUT2D eigenvalue weighted by Gasteiger charge is -2.17. The third kappa shape index (κ3) is 2.38. The molecule has 0 bridgehead atoms. The molecule has 0 atom stereocenters. The van der Waals surface area contributed by atoms with Gasteiger partial charge in [-0.15, -0.1) is 0 Å². The second kappa shape index (κ2) is 5.56. The van der Waals surface area contributed by atoms with Gasteiger partial charge in [-0.2, -0.15) is 10.1 Å². The van der Waals surface area contributed by atoms with Crippen LogP contribution in [0.2, 0.25) is 0 Å². The zero-order valence-corrected chi connectivity index (χ0v) is 14.2. The second-order valence-electron chi connectivity index (χ2n) is 6.46. The fourth-order valence-corrected chi connectivity index (χ4v) is 3.36. The molecule has 0 saturated carbocycles. The number of nitrogens with zero attached hydrogens (tertiary/aromatic N) is 3. The Morgan fingerprint density at radius 1 is 1.12 bits per heavy atom. The quantitative estimate of drug-likeness (QED) is 0.599. The first-order valence-electron chi connectivity index (χ1n) is 8.53. The lowest BCUT2D eigenvalue weighted by molar-refractivity contribution is -0.116. The van der Waals surface area contributed by atoms with Crippen LogP contribution in [-0.4, -0.2) is 20.5 Å². The average molecular weight is 344 g/mol. The van der Waals surface area contributed by atoms with Gasteiger partial charge in [0.2, 0.25) is 11.8 Å². The van der Waals surface area contributed by atoms with Gasteiger partial charge in [0.25, 0.3) is 0 Å². The minimum absolute atomic E-state index is 0.0559. The third-order valence-corrected chi connectivity index (χ3v) is 4.58. The van der Waals surface area contributed by atoms with Crippen LogP contribution in [0, 0.1) is 6.92 Å². The van der Waals surface area contributed by atoms with Gasteiger partial charge in [0.1, 0.15) is 5.75 Å². The predicted molar refractivity (Wildman–Crippen MR) is 98.7 cm³/mol. The van der Waals surface area contributed by atoms with Gasteiger partial charge in [-0.3, -0.25) is 4.79 Å². The van der Waals surface area contributed by atoms with Gasteiger partial charge in [-0.25, -0.2) is 4.52 Å². The molecule has 2 aromatic carbocycles. The van der Waals surface area contributed by atoms with Crippen LogP contribution in [0.4, 0.5) is 5.69 Å². The Morgan fingerprint density at radius 3 is 2.92 bits per heavy atom. The molecule has 2 aromatic heterocycles. The molecular weight excluding hydrogens is 328 g/mol. The summed E-state index contributed by atoms with van der Waals surface area (Å²) in [4.78, 5) is 16.2. The number of hydrogen-bond acceptors (Lipinski definition) is 4. The van der Waals surface area contributed by atoms with Crippen molar-refractivity contribution in [3.05, 3.63) is 59.8 Å². The van der Waals surface area contributed by atoms with E-state index in [0.29, 0.717) is 24.5 Å². The number of nitrogens with one attached hydrogen (secondary N) is 1. The van der Waals surface area contributed by atoms with Crippen LogP contribution in [0.1, 0.15) is 17.7 Å². The minimum atomic E-state index is 0.0559. The highest BCUT2D eigenvalue weighted by atomic mass is 16.5. The normalized spacial score (nSPS) is 13.7. The SMILES string of the molecule is Cc1cc2nc(Oc3ccc4c(c3)CCC(=O)N4)c3ccccc3n2n1. The summed E-state index contributed by atoms with van der Waals surface area (Å²) in [6.45, 7) is 1.95. The summed E-state index contributed by atoms with van der Waals surface area (Å²) in [5.41, 5.74) is 4.54. The first-order chi connectivity index (χ1) is 12.7. The van der Waals surface area contributed by atoms with Gasteiger partial charge in [-0.05, 0) is 49.2 Å². The van der Waals surface area contributed by atoms with Crippen molar-refractivity contribution in [2.75, 3.05) is 5.32 Å². The highest BCUT2D eigenvalue weighted by Crippen LogP contribution is 2.32. The van der Waals surface area contributed by atoms with E-state index in [1.807, 2.05) is 60.0 Å². The summed E-state index contributed by atoms with van der Waals surface area (Å²) < 4.78 is 7.97. The molecule has 1 aliphatic rings. The van der Waals surface area contributed by atoms with E-state index in [9.17, 15) is 4.79 Å². The largest absolute Gasteiger partial charge is 0.438 e. The average Bonchev–Trinajstić information content (AvgIpc) is 3.02. The number of fused-ring (bicyclic) bond motifs is 4.